The predicted molar refractivity (Wildman–Crippen MR) is 180 cm³/mol. The van der Waals surface area contributed by atoms with E-state index in [-0.39, 0.29) is 20.1 Å². The van der Waals surface area contributed by atoms with Gasteiger partial charge in [0.2, 0.25) is 0 Å². The topological polar surface area (TPSA) is 38.7 Å². The molecule has 0 saturated heterocycles. The number of fused-ring (bicyclic) bond motifs is 4. The Kier molecular flexibility index (Phi) is 7.83. The molecule has 0 aliphatic heterocycles. The minimum Gasteiger partial charge on any atom is -0.296 e. The van der Waals surface area contributed by atoms with Crippen molar-refractivity contribution in [1.29, 1.82) is 0 Å². The van der Waals surface area contributed by atoms with Crippen LogP contribution in [0.3, 0.4) is 0 Å². The van der Waals surface area contributed by atoms with Crippen molar-refractivity contribution in [2.75, 3.05) is 0 Å². The van der Waals surface area contributed by atoms with E-state index in [4.69, 9.17) is 15.0 Å². The van der Waals surface area contributed by atoms with Crippen molar-refractivity contribution in [3.8, 4) is 56.0 Å². The Bertz CT molecular complexity index is 2190. The summed E-state index contributed by atoms with van der Waals surface area (Å²) in [5.74, 6) is 0. The molecule has 4 heteroatoms. The molecule has 8 aromatic rings. The minimum atomic E-state index is 0. The molecule has 215 valence electrons. The molecule has 1 aliphatic carbocycles. The van der Waals surface area contributed by atoms with Gasteiger partial charge in [0, 0.05) is 31.2 Å². The molecule has 3 nitrogen and oxygen atoms in total. The summed E-state index contributed by atoms with van der Waals surface area (Å²) in [5.41, 5.74) is 13.8. The summed E-state index contributed by atoms with van der Waals surface area (Å²) in [5, 5.41) is 1.27. The summed E-state index contributed by atoms with van der Waals surface area (Å²) in [6.07, 6.45) is 0. The predicted octanol–water partition coefficient (Wildman–Crippen LogP) is 10.1. The molecular weight excluding hydrogens is 727 g/mol. The van der Waals surface area contributed by atoms with E-state index in [1.165, 1.54) is 27.6 Å². The molecule has 0 spiro atoms. The van der Waals surface area contributed by atoms with Crippen LogP contribution >= 0.6 is 0 Å². The van der Waals surface area contributed by atoms with Gasteiger partial charge >= 0.3 is 0 Å². The zero-order chi connectivity index (χ0) is 29.3. The smallest absolute Gasteiger partial charge is 0.0875 e. The second-order valence-electron chi connectivity index (χ2n) is 10.6. The fourth-order valence-corrected chi connectivity index (χ4v) is 5.89. The summed E-state index contributed by atoms with van der Waals surface area (Å²) in [6.45, 7) is 0. The van der Waals surface area contributed by atoms with Crippen molar-refractivity contribution in [1.82, 2.24) is 15.0 Å². The van der Waals surface area contributed by atoms with Crippen LogP contribution in [-0.4, -0.2) is 15.0 Å². The van der Waals surface area contributed by atoms with Gasteiger partial charge in [0.25, 0.3) is 0 Å². The summed E-state index contributed by atoms with van der Waals surface area (Å²) in [6, 6.07) is 57.7. The van der Waals surface area contributed by atoms with E-state index < -0.39 is 0 Å². The van der Waals surface area contributed by atoms with E-state index in [0.717, 1.165) is 50.3 Å². The van der Waals surface area contributed by atoms with Crippen molar-refractivity contribution in [3.05, 3.63) is 164 Å². The van der Waals surface area contributed by atoms with Gasteiger partial charge in [-0.05, 0) is 51.7 Å². The number of para-hydroxylation sites is 2. The van der Waals surface area contributed by atoms with Crippen molar-refractivity contribution in [3.63, 3.8) is 0 Å². The third-order valence-corrected chi connectivity index (χ3v) is 7.91. The Labute approximate surface area is 275 Å². The zero-order valence-corrected chi connectivity index (χ0v) is 26.5. The molecule has 0 unspecified atom stereocenters. The maximum absolute atomic E-state index is 4.86. The molecule has 0 amide bonds. The standard InChI is InChI=1S/C21H12N.C20H13N2.Ir/c1-2-7-14(8-3-1)20-13-18-16-10-5-4-9-15(16)17-11-6-12-19(22-20)21(17)18;1-3-9-15(10-4-1)19-20(16-11-5-2-6-12-16)22-18-14-8-7-13-17(18)21-19;/h1-7,9-13H;1-11,13-14H;/q2*-1;. The summed E-state index contributed by atoms with van der Waals surface area (Å²) in [4.78, 5) is 14.5. The average Bonchev–Trinajstić information content (AvgIpc) is 3.44. The van der Waals surface area contributed by atoms with Gasteiger partial charge in [-0.15, -0.1) is 71.8 Å². The van der Waals surface area contributed by atoms with Crippen molar-refractivity contribution in [2.45, 2.75) is 0 Å². The maximum Gasteiger partial charge on any atom is 0.0875 e. The monoisotopic (exact) mass is 752 g/mol. The van der Waals surface area contributed by atoms with Crippen LogP contribution in [0.4, 0.5) is 0 Å². The third kappa shape index (κ3) is 5.36. The number of hydrogen-bond donors (Lipinski definition) is 0. The molecule has 0 fully saturated rings. The molecule has 0 saturated carbocycles. The van der Waals surface area contributed by atoms with E-state index in [1.54, 1.807) is 0 Å². The zero-order valence-electron chi connectivity index (χ0n) is 24.1. The molecule has 1 aliphatic rings. The first-order valence-electron chi connectivity index (χ1n) is 14.6. The molecule has 0 N–H and O–H groups in total. The molecule has 2 aromatic heterocycles. The van der Waals surface area contributed by atoms with Gasteiger partial charge in [0.05, 0.1) is 22.2 Å². The molecule has 0 atom stereocenters. The second-order valence-corrected chi connectivity index (χ2v) is 10.6. The van der Waals surface area contributed by atoms with Gasteiger partial charge in [-0.1, -0.05) is 84.9 Å². The maximum atomic E-state index is 4.86. The summed E-state index contributed by atoms with van der Waals surface area (Å²) < 4.78 is 0. The quantitative estimate of drug-likeness (QED) is 0.169. The molecular formula is C41H25IrN3-2. The SMILES string of the molecule is [Ir].[c-]1ccccc1-c1cc2c3c(cccc3n1)-c1ccccc1-2.[c-]1ccccc1-c1nc2ccccc2nc1-c1ccccc1. The van der Waals surface area contributed by atoms with Crippen LogP contribution in [0.15, 0.2) is 152 Å². The van der Waals surface area contributed by atoms with Crippen LogP contribution in [-0.2, 0) is 20.1 Å². The van der Waals surface area contributed by atoms with Crippen molar-refractivity contribution in [2.24, 2.45) is 0 Å². The summed E-state index contributed by atoms with van der Waals surface area (Å²) in [7, 11) is 0. The number of rotatable bonds is 3. The fraction of sp³-hybridized carbons (Fsp3) is 0. The number of aromatic nitrogens is 3. The van der Waals surface area contributed by atoms with Crippen LogP contribution < -0.4 is 0 Å². The first kappa shape index (κ1) is 28.5. The van der Waals surface area contributed by atoms with E-state index in [1.807, 2.05) is 84.9 Å². The first-order chi connectivity index (χ1) is 21.8. The average molecular weight is 752 g/mol. The Morgan fingerprint density at radius 3 is 1.64 bits per heavy atom. The van der Waals surface area contributed by atoms with Gasteiger partial charge in [-0.3, -0.25) is 15.0 Å². The van der Waals surface area contributed by atoms with Gasteiger partial charge < -0.3 is 0 Å². The Hall–Kier alpha value is -5.28. The number of nitrogens with zero attached hydrogens (tertiary/aromatic N) is 3. The van der Waals surface area contributed by atoms with E-state index >= 15 is 0 Å². The Morgan fingerprint density at radius 1 is 0.400 bits per heavy atom. The third-order valence-electron chi connectivity index (χ3n) is 7.91. The second kappa shape index (κ2) is 12.4. The summed E-state index contributed by atoms with van der Waals surface area (Å²) >= 11 is 0. The van der Waals surface area contributed by atoms with Crippen LogP contribution in [0, 0.1) is 12.1 Å². The van der Waals surface area contributed by atoms with E-state index in [0.29, 0.717) is 0 Å². The Balaban J connectivity index is 0.000000141. The molecule has 6 aromatic carbocycles. The van der Waals surface area contributed by atoms with Gasteiger partial charge in [-0.2, -0.15) is 0 Å². The first-order valence-corrected chi connectivity index (χ1v) is 14.6. The van der Waals surface area contributed by atoms with E-state index in [2.05, 4.69) is 78.9 Å². The van der Waals surface area contributed by atoms with Crippen LogP contribution in [0.1, 0.15) is 0 Å². The largest absolute Gasteiger partial charge is 0.296 e. The minimum absolute atomic E-state index is 0. The number of hydrogen-bond acceptors (Lipinski definition) is 3. The molecule has 0 bridgehead atoms. The molecule has 2 heterocycles. The van der Waals surface area contributed by atoms with Crippen molar-refractivity contribution >= 4 is 21.9 Å². The van der Waals surface area contributed by atoms with Gasteiger partial charge in [0.1, 0.15) is 0 Å². The van der Waals surface area contributed by atoms with Crippen LogP contribution in [0.25, 0.3) is 78.0 Å². The Morgan fingerprint density at radius 2 is 0.956 bits per heavy atom. The number of benzene rings is 6. The molecule has 9 rings (SSSR count). The normalized spacial score (nSPS) is 10.9. The molecule has 1 radical (unpaired) electrons. The fourth-order valence-electron chi connectivity index (χ4n) is 5.89. The van der Waals surface area contributed by atoms with E-state index in [9.17, 15) is 0 Å². The van der Waals surface area contributed by atoms with Crippen molar-refractivity contribution < 1.29 is 20.1 Å². The molecule has 45 heavy (non-hydrogen) atoms. The van der Waals surface area contributed by atoms with Crippen LogP contribution in [0.2, 0.25) is 0 Å². The van der Waals surface area contributed by atoms with Gasteiger partial charge in [0.15, 0.2) is 0 Å². The van der Waals surface area contributed by atoms with Crippen LogP contribution in [0.5, 0.6) is 0 Å². The number of pyridine rings is 1. The van der Waals surface area contributed by atoms with Gasteiger partial charge in [-0.25, -0.2) is 0 Å².